The van der Waals surface area contributed by atoms with Gasteiger partial charge in [0.1, 0.15) is 0 Å². The highest BCUT2D eigenvalue weighted by Crippen LogP contribution is 2.28. The van der Waals surface area contributed by atoms with Crippen molar-refractivity contribution in [2.24, 2.45) is 0 Å². The van der Waals surface area contributed by atoms with Crippen molar-refractivity contribution in [2.45, 2.75) is 45.3 Å². The van der Waals surface area contributed by atoms with Crippen molar-refractivity contribution >= 4 is 0 Å². The lowest BCUT2D eigenvalue weighted by Gasteiger charge is -2.24. The topological polar surface area (TPSA) is 33.7 Å². The molecule has 0 radical (unpaired) electrons. The van der Waals surface area contributed by atoms with Crippen molar-refractivity contribution in [3.8, 4) is 11.5 Å². The fourth-order valence-electron chi connectivity index (χ4n) is 2.51. The molecule has 0 saturated heterocycles. The van der Waals surface area contributed by atoms with Crippen molar-refractivity contribution in [1.82, 2.24) is 10.2 Å². The summed E-state index contributed by atoms with van der Waals surface area (Å²) < 4.78 is 10.9. The van der Waals surface area contributed by atoms with E-state index in [0.29, 0.717) is 12.6 Å². The first kappa shape index (κ1) is 16.1. The normalized spacial score (nSPS) is 16.0. The van der Waals surface area contributed by atoms with E-state index in [0.717, 1.165) is 30.6 Å². The largest absolute Gasteiger partial charge is 0.493 e. The fraction of sp³-hybridized carbons (Fsp3) is 0.647. The molecule has 2 rings (SSSR count). The predicted octanol–water partition coefficient (Wildman–Crippen LogP) is 2.67. The third-order valence-corrected chi connectivity index (χ3v) is 4.11. The van der Waals surface area contributed by atoms with Gasteiger partial charge in [-0.3, -0.25) is 4.90 Å². The van der Waals surface area contributed by atoms with E-state index < -0.39 is 0 Å². The Hall–Kier alpha value is -1.26. The zero-order valence-electron chi connectivity index (χ0n) is 13.7. The van der Waals surface area contributed by atoms with Crippen molar-refractivity contribution < 1.29 is 9.47 Å². The van der Waals surface area contributed by atoms with Gasteiger partial charge >= 0.3 is 0 Å². The summed E-state index contributed by atoms with van der Waals surface area (Å²) in [5.41, 5.74) is 1.22. The van der Waals surface area contributed by atoms with Crippen LogP contribution in [0.3, 0.4) is 0 Å². The maximum absolute atomic E-state index is 5.61. The number of hydrogen-bond acceptors (Lipinski definition) is 4. The van der Waals surface area contributed by atoms with Crippen LogP contribution in [-0.4, -0.2) is 44.3 Å². The third kappa shape index (κ3) is 4.61. The molecule has 0 heterocycles. The number of nitrogens with zero attached hydrogens (tertiary/aromatic N) is 1. The van der Waals surface area contributed by atoms with Gasteiger partial charge in [-0.05, 0) is 51.4 Å². The standard InChI is InChI=1S/C17H28N2O2/c1-5-21-17-10-14(6-9-16(17)20-4)12-18-11-13(2)19(3)15-7-8-15/h6,9-10,13,15,18H,5,7-8,11-12H2,1-4H3. The van der Waals surface area contributed by atoms with Gasteiger partial charge in [-0.1, -0.05) is 6.07 Å². The Labute approximate surface area is 128 Å². The van der Waals surface area contributed by atoms with Crippen LogP contribution in [-0.2, 0) is 6.54 Å². The van der Waals surface area contributed by atoms with E-state index in [1.807, 2.05) is 13.0 Å². The molecule has 1 atom stereocenters. The minimum absolute atomic E-state index is 0.571. The van der Waals surface area contributed by atoms with Crippen LogP contribution in [0.2, 0.25) is 0 Å². The van der Waals surface area contributed by atoms with Gasteiger partial charge in [0.15, 0.2) is 11.5 Å². The molecule has 0 aromatic heterocycles. The third-order valence-electron chi connectivity index (χ3n) is 4.11. The van der Waals surface area contributed by atoms with E-state index in [9.17, 15) is 0 Å². The van der Waals surface area contributed by atoms with Crippen molar-refractivity contribution in [2.75, 3.05) is 27.3 Å². The van der Waals surface area contributed by atoms with E-state index in [1.165, 1.54) is 18.4 Å². The van der Waals surface area contributed by atoms with E-state index in [2.05, 4.69) is 36.3 Å². The molecule has 0 spiro atoms. The van der Waals surface area contributed by atoms with Crippen LogP contribution in [0.1, 0.15) is 32.3 Å². The van der Waals surface area contributed by atoms with Crippen LogP contribution >= 0.6 is 0 Å². The molecule has 1 aromatic carbocycles. The lowest BCUT2D eigenvalue weighted by atomic mass is 10.2. The summed E-state index contributed by atoms with van der Waals surface area (Å²) >= 11 is 0. The summed E-state index contributed by atoms with van der Waals surface area (Å²) in [6.45, 7) is 6.77. The quantitative estimate of drug-likeness (QED) is 0.759. The van der Waals surface area contributed by atoms with E-state index in [4.69, 9.17) is 9.47 Å². The second kappa shape index (κ2) is 7.66. The summed E-state index contributed by atoms with van der Waals surface area (Å²) in [5, 5.41) is 3.53. The number of rotatable bonds is 9. The summed E-state index contributed by atoms with van der Waals surface area (Å²) in [6, 6.07) is 7.50. The molecule has 1 unspecified atom stereocenters. The molecule has 1 aliphatic carbocycles. The SMILES string of the molecule is CCOc1cc(CNCC(C)N(C)C2CC2)ccc1OC. The Morgan fingerprint density at radius 1 is 1.33 bits per heavy atom. The first-order valence-electron chi connectivity index (χ1n) is 7.88. The van der Waals surface area contributed by atoms with Gasteiger partial charge < -0.3 is 14.8 Å². The number of benzene rings is 1. The molecular formula is C17H28N2O2. The molecule has 4 heteroatoms. The fourth-order valence-corrected chi connectivity index (χ4v) is 2.51. The van der Waals surface area contributed by atoms with Crippen LogP contribution in [0.25, 0.3) is 0 Å². The first-order chi connectivity index (χ1) is 10.2. The van der Waals surface area contributed by atoms with Crippen molar-refractivity contribution in [1.29, 1.82) is 0 Å². The van der Waals surface area contributed by atoms with E-state index in [-0.39, 0.29) is 0 Å². The zero-order chi connectivity index (χ0) is 15.2. The maximum atomic E-state index is 5.61. The van der Waals surface area contributed by atoms with Gasteiger partial charge in [0.2, 0.25) is 0 Å². The van der Waals surface area contributed by atoms with Crippen molar-refractivity contribution in [3.05, 3.63) is 23.8 Å². The van der Waals surface area contributed by atoms with Gasteiger partial charge in [-0.15, -0.1) is 0 Å². The zero-order valence-corrected chi connectivity index (χ0v) is 13.7. The molecule has 1 saturated carbocycles. The maximum Gasteiger partial charge on any atom is 0.161 e. The lowest BCUT2D eigenvalue weighted by molar-refractivity contribution is 0.241. The van der Waals surface area contributed by atoms with Crippen LogP contribution < -0.4 is 14.8 Å². The lowest BCUT2D eigenvalue weighted by Crippen LogP contribution is -2.38. The van der Waals surface area contributed by atoms with Crippen molar-refractivity contribution in [3.63, 3.8) is 0 Å². The molecule has 1 aliphatic rings. The Bertz CT molecular complexity index is 446. The minimum atomic E-state index is 0.571. The number of hydrogen-bond donors (Lipinski definition) is 1. The average molecular weight is 292 g/mol. The second-order valence-electron chi connectivity index (χ2n) is 5.79. The molecule has 1 aromatic rings. The highest BCUT2D eigenvalue weighted by Gasteiger charge is 2.28. The molecule has 118 valence electrons. The van der Waals surface area contributed by atoms with Crippen LogP contribution in [0.15, 0.2) is 18.2 Å². The predicted molar refractivity (Wildman–Crippen MR) is 86.1 cm³/mol. The van der Waals surface area contributed by atoms with Crippen LogP contribution in [0, 0.1) is 0 Å². The van der Waals surface area contributed by atoms with Gasteiger partial charge in [0.25, 0.3) is 0 Å². The van der Waals surface area contributed by atoms with Crippen LogP contribution in [0.5, 0.6) is 11.5 Å². The Morgan fingerprint density at radius 2 is 2.10 bits per heavy atom. The second-order valence-corrected chi connectivity index (χ2v) is 5.79. The van der Waals surface area contributed by atoms with Crippen LogP contribution in [0.4, 0.5) is 0 Å². The van der Waals surface area contributed by atoms with Gasteiger partial charge in [-0.2, -0.15) is 0 Å². The van der Waals surface area contributed by atoms with E-state index in [1.54, 1.807) is 7.11 Å². The average Bonchev–Trinajstić information content (AvgIpc) is 3.31. The molecule has 1 N–H and O–H groups in total. The highest BCUT2D eigenvalue weighted by molar-refractivity contribution is 5.42. The Kier molecular flexibility index (Phi) is 5.88. The molecule has 4 nitrogen and oxygen atoms in total. The molecule has 1 fully saturated rings. The minimum Gasteiger partial charge on any atom is -0.493 e. The summed E-state index contributed by atoms with van der Waals surface area (Å²) in [4.78, 5) is 2.48. The monoisotopic (exact) mass is 292 g/mol. The molecular weight excluding hydrogens is 264 g/mol. The van der Waals surface area contributed by atoms with Gasteiger partial charge in [-0.25, -0.2) is 0 Å². The van der Waals surface area contributed by atoms with Gasteiger partial charge in [0, 0.05) is 25.2 Å². The smallest absolute Gasteiger partial charge is 0.161 e. The molecule has 0 aliphatic heterocycles. The van der Waals surface area contributed by atoms with E-state index >= 15 is 0 Å². The van der Waals surface area contributed by atoms with Gasteiger partial charge in [0.05, 0.1) is 13.7 Å². The Morgan fingerprint density at radius 3 is 2.71 bits per heavy atom. The number of likely N-dealkylation sites (N-methyl/N-ethyl adjacent to an activating group) is 1. The Balaban J connectivity index is 1.83. The number of nitrogens with one attached hydrogen (secondary N) is 1. The molecule has 0 amide bonds. The summed E-state index contributed by atoms with van der Waals surface area (Å²) in [5.74, 6) is 1.62. The highest BCUT2D eigenvalue weighted by atomic mass is 16.5. The summed E-state index contributed by atoms with van der Waals surface area (Å²) in [7, 11) is 3.90. The molecule has 21 heavy (non-hydrogen) atoms. The summed E-state index contributed by atoms with van der Waals surface area (Å²) in [6.07, 6.45) is 2.72. The number of methoxy groups -OCH3 is 1. The first-order valence-corrected chi connectivity index (χ1v) is 7.88. The molecule has 0 bridgehead atoms. The number of ether oxygens (including phenoxy) is 2.